The van der Waals surface area contributed by atoms with Crippen molar-refractivity contribution >= 4 is 27.3 Å². The number of anilines is 1. The first-order valence-corrected chi connectivity index (χ1v) is 14.0. The van der Waals surface area contributed by atoms with E-state index >= 15 is 0 Å². The van der Waals surface area contributed by atoms with E-state index in [0.29, 0.717) is 24.0 Å². The van der Waals surface area contributed by atoms with Gasteiger partial charge in [0.25, 0.3) is 5.69 Å². The fraction of sp³-hybridized carbons (Fsp3) is 0.276. The second-order valence-electron chi connectivity index (χ2n) is 9.52. The number of amides is 1. The van der Waals surface area contributed by atoms with E-state index in [1.807, 2.05) is 6.07 Å². The zero-order valence-corrected chi connectivity index (χ0v) is 22.1. The van der Waals surface area contributed by atoms with Gasteiger partial charge in [0.1, 0.15) is 11.4 Å². The van der Waals surface area contributed by atoms with Crippen LogP contribution in [0.2, 0.25) is 0 Å². The first-order chi connectivity index (χ1) is 18.6. The summed E-state index contributed by atoms with van der Waals surface area (Å²) in [4.78, 5) is 23.0. The van der Waals surface area contributed by atoms with E-state index < -0.39 is 38.0 Å². The van der Waals surface area contributed by atoms with Crippen molar-refractivity contribution in [3.05, 3.63) is 105 Å². The lowest BCUT2D eigenvalue weighted by atomic mass is 9.88. The normalized spacial score (nSPS) is 17.9. The largest absolute Gasteiger partial charge is 0.369 e. The maximum atomic E-state index is 14.1. The summed E-state index contributed by atoms with van der Waals surface area (Å²) in [6, 6.07) is 17.8. The molecule has 202 valence electrons. The highest BCUT2D eigenvalue weighted by molar-refractivity contribution is 7.93. The van der Waals surface area contributed by atoms with Crippen LogP contribution in [-0.2, 0) is 14.8 Å². The van der Waals surface area contributed by atoms with Crippen LogP contribution < -0.4 is 10.0 Å². The number of primary amides is 1. The van der Waals surface area contributed by atoms with Crippen LogP contribution in [-0.4, -0.2) is 24.5 Å². The molecule has 0 unspecified atom stereocenters. The van der Waals surface area contributed by atoms with Crippen molar-refractivity contribution in [2.45, 2.75) is 43.9 Å². The monoisotopic (exact) mass is 549 g/mol. The molecule has 4 rings (SSSR count). The third kappa shape index (κ3) is 6.26. The average molecular weight is 550 g/mol. The second-order valence-corrected chi connectivity index (χ2v) is 11.6. The highest BCUT2D eigenvalue weighted by Crippen LogP contribution is 2.38. The van der Waals surface area contributed by atoms with Gasteiger partial charge in [-0.2, -0.15) is 0 Å². The molecular formula is C29H28FN3O5S. The molecule has 39 heavy (non-hydrogen) atoms. The molecule has 10 heteroatoms. The Labute approximate surface area is 226 Å². The van der Waals surface area contributed by atoms with Crippen LogP contribution in [0.1, 0.15) is 55.3 Å². The van der Waals surface area contributed by atoms with Gasteiger partial charge in [-0.25, -0.2) is 12.8 Å². The standard InChI is InChI=1S/C29H28FN3O5S/c1-20(22-9-14-25(30)15-10-22)32(39(37,38)27-17-12-24(13-18-27)29(31)34)26-16-11-23(28(19-26)33(35)36)8-7-21-5-3-2-4-6-21/h2-6,9-11,14-16,19-20,24,27H,12-13,17-18H2,1H3,(H2,31,34)/t20-,24?,27?/m1/s1. The van der Waals surface area contributed by atoms with E-state index in [1.54, 1.807) is 31.2 Å². The summed E-state index contributed by atoms with van der Waals surface area (Å²) in [7, 11) is -4.07. The van der Waals surface area contributed by atoms with E-state index in [-0.39, 0.29) is 35.7 Å². The molecule has 0 aliphatic heterocycles. The van der Waals surface area contributed by atoms with Crippen molar-refractivity contribution in [2.24, 2.45) is 11.7 Å². The minimum absolute atomic E-state index is 0.0980. The van der Waals surface area contributed by atoms with Crippen molar-refractivity contribution in [3.63, 3.8) is 0 Å². The predicted molar refractivity (Wildman–Crippen MR) is 147 cm³/mol. The number of sulfonamides is 1. The Bertz CT molecular complexity index is 1520. The number of halogens is 1. The number of benzene rings is 3. The molecule has 8 nitrogen and oxygen atoms in total. The molecule has 0 aromatic heterocycles. The summed E-state index contributed by atoms with van der Waals surface area (Å²) in [6.45, 7) is 1.65. The van der Waals surface area contributed by atoms with E-state index in [0.717, 1.165) is 4.31 Å². The molecule has 1 saturated carbocycles. The molecule has 2 N–H and O–H groups in total. The SMILES string of the molecule is C[C@H](c1ccc(F)cc1)N(c1ccc(C#Cc2ccccc2)c([N+](=O)[O-])c1)S(=O)(=O)C1CCC(C(N)=O)CC1. The van der Waals surface area contributed by atoms with Gasteiger partial charge < -0.3 is 5.73 Å². The number of nitrogens with two attached hydrogens (primary N) is 1. The summed E-state index contributed by atoms with van der Waals surface area (Å²) in [5.74, 6) is 4.40. The van der Waals surface area contributed by atoms with Crippen LogP contribution in [0.3, 0.4) is 0 Å². The molecule has 0 spiro atoms. The summed E-state index contributed by atoms with van der Waals surface area (Å²) < 4.78 is 42.9. The van der Waals surface area contributed by atoms with Gasteiger partial charge in [0.2, 0.25) is 15.9 Å². The molecule has 1 atom stereocenters. The molecule has 0 bridgehead atoms. The molecule has 0 radical (unpaired) electrons. The summed E-state index contributed by atoms with van der Waals surface area (Å²) >= 11 is 0. The van der Waals surface area contributed by atoms with Gasteiger partial charge in [-0.3, -0.25) is 19.2 Å². The summed E-state index contributed by atoms with van der Waals surface area (Å²) in [6.07, 6.45) is 1.13. The van der Waals surface area contributed by atoms with Gasteiger partial charge in [0.05, 0.1) is 21.9 Å². The molecule has 0 heterocycles. The van der Waals surface area contributed by atoms with Crippen molar-refractivity contribution in [1.29, 1.82) is 0 Å². The fourth-order valence-corrected chi connectivity index (χ4v) is 7.01. The van der Waals surface area contributed by atoms with Crippen molar-refractivity contribution < 1.29 is 22.5 Å². The molecule has 3 aromatic carbocycles. The van der Waals surface area contributed by atoms with E-state index in [2.05, 4.69) is 11.8 Å². The molecule has 1 aliphatic rings. The Kier molecular flexibility index (Phi) is 8.31. The number of hydrogen-bond acceptors (Lipinski definition) is 5. The van der Waals surface area contributed by atoms with Crippen molar-refractivity contribution in [2.75, 3.05) is 4.31 Å². The minimum atomic E-state index is -4.07. The van der Waals surface area contributed by atoms with Gasteiger partial charge in [-0.1, -0.05) is 42.2 Å². The van der Waals surface area contributed by atoms with Gasteiger partial charge >= 0.3 is 0 Å². The lowest BCUT2D eigenvalue weighted by molar-refractivity contribution is -0.385. The zero-order valence-electron chi connectivity index (χ0n) is 21.3. The number of hydrogen-bond donors (Lipinski definition) is 1. The zero-order chi connectivity index (χ0) is 28.2. The fourth-order valence-electron chi connectivity index (χ4n) is 4.85. The van der Waals surface area contributed by atoms with Crippen LogP contribution in [0.25, 0.3) is 0 Å². The maximum Gasteiger partial charge on any atom is 0.287 e. The summed E-state index contributed by atoms with van der Waals surface area (Å²) in [5, 5.41) is 11.2. The van der Waals surface area contributed by atoms with Gasteiger partial charge in [0, 0.05) is 17.5 Å². The number of carbonyl (C=O) groups excluding carboxylic acids is 1. The number of carbonyl (C=O) groups is 1. The first-order valence-electron chi connectivity index (χ1n) is 12.5. The van der Waals surface area contributed by atoms with Crippen LogP contribution in [0.5, 0.6) is 0 Å². The molecule has 3 aromatic rings. The van der Waals surface area contributed by atoms with Crippen LogP contribution in [0.15, 0.2) is 72.8 Å². The average Bonchev–Trinajstić information content (AvgIpc) is 2.93. The van der Waals surface area contributed by atoms with Crippen LogP contribution in [0, 0.1) is 33.7 Å². The van der Waals surface area contributed by atoms with Gasteiger partial charge in [-0.05, 0) is 74.6 Å². The number of rotatable bonds is 7. The highest BCUT2D eigenvalue weighted by atomic mass is 32.2. The van der Waals surface area contributed by atoms with Gasteiger partial charge in [-0.15, -0.1) is 0 Å². The van der Waals surface area contributed by atoms with E-state index in [1.165, 1.54) is 42.5 Å². The predicted octanol–water partition coefficient (Wildman–Crippen LogP) is 5.08. The number of nitrogens with zero attached hydrogens (tertiary/aromatic N) is 2. The number of nitro benzene ring substituents is 1. The van der Waals surface area contributed by atoms with Crippen LogP contribution in [0.4, 0.5) is 15.8 Å². The molecular weight excluding hydrogens is 521 g/mol. The number of nitro groups is 1. The van der Waals surface area contributed by atoms with Crippen LogP contribution >= 0.6 is 0 Å². The minimum Gasteiger partial charge on any atom is -0.369 e. The lowest BCUT2D eigenvalue weighted by Gasteiger charge is -2.36. The second kappa shape index (κ2) is 11.7. The third-order valence-corrected chi connectivity index (χ3v) is 9.41. The van der Waals surface area contributed by atoms with Gasteiger partial charge in [0.15, 0.2) is 0 Å². The Balaban J connectivity index is 1.78. The Morgan fingerprint density at radius 2 is 1.67 bits per heavy atom. The van der Waals surface area contributed by atoms with Crippen molar-refractivity contribution in [1.82, 2.24) is 0 Å². The molecule has 1 aliphatic carbocycles. The lowest BCUT2D eigenvalue weighted by Crippen LogP contribution is -2.43. The summed E-state index contributed by atoms with van der Waals surface area (Å²) in [5.41, 5.74) is 6.52. The molecule has 1 amide bonds. The molecule has 1 fully saturated rings. The Morgan fingerprint density at radius 1 is 1.03 bits per heavy atom. The first kappa shape index (κ1) is 27.8. The Hall–Kier alpha value is -4.23. The third-order valence-electron chi connectivity index (χ3n) is 7.02. The van der Waals surface area contributed by atoms with Crippen molar-refractivity contribution in [3.8, 4) is 11.8 Å². The molecule has 0 saturated heterocycles. The topological polar surface area (TPSA) is 124 Å². The van der Waals surface area contributed by atoms with E-state index in [9.17, 15) is 27.7 Å². The Morgan fingerprint density at radius 3 is 2.26 bits per heavy atom. The van der Waals surface area contributed by atoms with E-state index in [4.69, 9.17) is 5.73 Å². The maximum absolute atomic E-state index is 14.1. The quantitative estimate of drug-likeness (QED) is 0.250. The smallest absolute Gasteiger partial charge is 0.287 e. The highest BCUT2D eigenvalue weighted by Gasteiger charge is 2.39.